The summed E-state index contributed by atoms with van der Waals surface area (Å²) >= 11 is 0. The van der Waals surface area contributed by atoms with Crippen LogP contribution in [0.2, 0.25) is 0 Å². The molecule has 36 heavy (non-hydrogen) atoms. The minimum atomic E-state index is -2.59. The standard InChI is InChI=1S/C25H28BNO9/c1-23(2)24(3,4)36-26(35-23)13-5-6-14(28)17-12(13)8-10-7-11-9-15(29)18(22(27)33)21(32)25(11,34)20(31)16(10)19(17)30/h5-6,10-11,28-29,31,34H,7-9H2,1-4H3,(H2,27,33)/t10-,11+,25+/m1/s1. The number of carbonyl (C=O) groups excluding carboxylic acids is 3. The van der Waals surface area contributed by atoms with Crippen LogP contribution in [-0.2, 0) is 25.3 Å². The Balaban J connectivity index is 1.63. The molecule has 0 radical (unpaired) electrons. The predicted molar refractivity (Wildman–Crippen MR) is 127 cm³/mol. The molecular formula is C25H28BNO9. The Morgan fingerprint density at radius 3 is 2.25 bits per heavy atom. The highest BCUT2D eigenvalue weighted by atomic mass is 16.7. The molecule has 4 aliphatic rings. The van der Waals surface area contributed by atoms with Crippen LogP contribution in [0.25, 0.3) is 0 Å². The number of carbonyl (C=O) groups is 3. The highest BCUT2D eigenvalue weighted by Gasteiger charge is 2.60. The molecule has 1 heterocycles. The zero-order chi connectivity index (χ0) is 26.5. The van der Waals surface area contributed by atoms with Gasteiger partial charge in [0.05, 0.1) is 16.8 Å². The number of rotatable bonds is 2. The largest absolute Gasteiger partial charge is 0.511 e. The van der Waals surface area contributed by atoms with Gasteiger partial charge in [-0.2, -0.15) is 0 Å². The molecule has 6 N–H and O–H groups in total. The number of benzene rings is 1. The lowest BCUT2D eigenvalue weighted by Crippen LogP contribution is -2.57. The van der Waals surface area contributed by atoms with Crippen molar-refractivity contribution in [2.45, 2.75) is 63.8 Å². The topological polar surface area (TPSA) is 177 Å². The summed E-state index contributed by atoms with van der Waals surface area (Å²) in [7, 11) is -0.807. The van der Waals surface area contributed by atoms with Crippen LogP contribution in [0.5, 0.6) is 5.75 Å². The zero-order valence-corrected chi connectivity index (χ0v) is 20.4. The summed E-state index contributed by atoms with van der Waals surface area (Å²) in [4.78, 5) is 38.5. The van der Waals surface area contributed by atoms with Gasteiger partial charge in [0.1, 0.15) is 22.8 Å². The normalized spacial score (nSPS) is 30.8. The molecule has 1 aromatic rings. The van der Waals surface area contributed by atoms with Crippen LogP contribution in [-0.4, -0.2) is 61.8 Å². The molecular weight excluding hydrogens is 469 g/mol. The van der Waals surface area contributed by atoms with Gasteiger partial charge in [0, 0.05) is 17.9 Å². The van der Waals surface area contributed by atoms with Crippen LogP contribution >= 0.6 is 0 Å². The van der Waals surface area contributed by atoms with Crippen molar-refractivity contribution >= 4 is 30.1 Å². The van der Waals surface area contributed by atoms with Gasteiger partial charge in [-0.25, -0.2) is 0 Å². The first-order valence-electron chi connectivity index (χ1n) is 11.8. The van der Waals surface area contributed by atoms with Gasteiger partial charge in [-0.15, -0.1) is 0 Å². The minimum Gasteiger partial charge on any atom is -0.511 e. The number of phenolic OH excluding ortho intramolecular Hbond substituents is 1. The van der Waals surface area contributed by atoms with E-state index >= 15 is 0 Å². The molecule has 0 aromatic heterocycles. The molecule has 0 spiro atoms. The molecule has 5 rings (SSSR count). The summed E-state index contributed by atoms with van der Waals surface area (Å²) in [6.45, 7) is 7.58. The number of aromatic hydroxyl groups is 1. The lowest BCUT2D eigenvalue weighted by atomic mass is 9.59. The maximum absolute atomic E-state index is 13.7. The van der Waals surface area contributed by atoms with Crippen molar-refractivity contribution < 1.29 is 44.1 Å². The molecule has 190 valence electrons. The first-order valence-corrected chi connectivity index (χ1v) is 11.8. The Labute approximate surface area is 207 Å². The molecule has 0 unspecified atom stereocenters. The van der Waals surface area contributed by atoms with Crippen molar-refractivity contribution in [2.75, 3.05) is 0 Å². The van der Waals surface area contributed by atoms with E-state index in [0.29, 0.717) is 11.0 Å². The lowest BCUT2D eigenvalue weighted by molar-refractivity contribution is -0.144. The van der Waals surface area contributed by atoms with Gasteiger partial charge in [0.25, 0.3) is 5.91 Å². The third-order valence-corrected chi connectivity index (χ3v) is 8.49. The predicted octanol–water partition coefficient (Wildman–Crippen LogP) is 0.880. The number of nitrogens with two attached hydrogens (primary N) is 1. The third-order valence-electron chi connectivity index (χ3n) is 8.49. The van der Waals surface area contributed by atoms with Gasteiger partial charge in [0.2, 0.25) is 5.78 Å². The Bertz CT molecular complexity index is 1290. The molecule has 3 atom stereocenters. The SMILES string of the molecule is CC1(C)OB(c2ccc(O)c3c2C[C@H]2C[C@H]4CC(O)=C(C(N)=O)C(=O)[C@@]4(O)C(O)=C2C3=O)OC1(C)C. The second-order valence-corrected chi connectivity index (χ2v) is 11.0. The highest BCUT2D eigenvalue weighted by Crippen LogP contribution is 2.51. The number of fused-ring (bicyclic) bond motifs is 3. The number of phenols is 1. The summed E-state index contributed by atoms with van der Waals surface area (Å²) in [5, 5.41) is 43.4. The number of primary amides is 1. The summed E-state index contributed by atoms with van der Waals surface area (Å²) in [6, 6.07) is 2.97. The smallest absolute Gasteiger partial charge is 0.495 e. The molecule has 3 aliphatic carbocycles. The number of aliphatic hydroxyl groups excluding tert-OH is 2. The van der Waals surface area contributed by atoms with E-state index in [0.717, 1.165) is 0 Å². The van der Waals surface area contributed by atoms with Crippen molar-refractivity contribution in [1.29, 1.82) is 0 Å². The molecule has 1 aliphatic heterocycles. The van der Waals surface area contributed by atoms with E-state index < -0.39 is 70.3 Å². The van der Waals surface area contributed by atoms with E-state index in [1.54, 1.807) is 6.07 Å². The number of ketones is 2. The summed E-state index contributed by atoms with van der Waals surface area (Å²) in [6.07, 6.45) is -0.0386. The quantitative estimate of drug-likeness (QED) is 0.293. The van der Waals surface area contributed by atoms with E-state index in [1.165, 1.54) is 6.07 Å². The van der Waals surface area contributed by atoms with Crippen LogP contribution < -0.4 is 11.2 Å². The van der Waals surface area contributed by atoms with Crippen LogP contribution in [0.15, 0.2) is 34.8 Å². The Kier molecular flexibility index (Phi) is 5.07. The number of hydrogen-bond donors (Lipinski definition) is 5. The minimum absolute atomic E-state index is 0.0569. The fourth-order valence-corrected chi connectivity index (χ4v) is 5.83. The molecule has 1 fully saturated rings. The number of aliphatic hydroxyl groups is 3. The first-order chi connectivity index (χ1) is 16.6. The van der Waals surface area contributed by atoms with Gasteiger partial charge >= 0.3 is 7.12 Å². The first kappa shape index (κ1) is 24.5. The second-order valence-electron chi connectivity index (χ2n) is 11.0. The molecule has 0 bridgehead atoms. The number of allylic oxidation sites excluding steroid dienone is 2. The average molecular weight is 497 g/mol. The monoisotopic (exact) mass is 497 g/mol. The number of amides is 1. The van der Waals surface area contributed by atoms with E-state index in [2.05, 4.69) is 0 Å². The maximum Gasteiger partial charge on any atom is 0.495 e. The van der Waals surface area contributed by atoms with Crippen molar-refractivity contribution in [3.8, 4) is 5.75 Å². The average Bonchev–Trinajstić information content (AvgIpc) is 2.97. The van der Waals surface area contributed by atoms with Crippen LogP contribution in [0.3, 0.4) is 0 Å². The van der Waals surface area contributed by atoms with Crippen molar-refractivity contribution in [1.82, 2.24) is 0 Å². The van der Waals surface area contributed by atoms with Crippen LogP contribution in [0, 0.1) is 11.8 Å². The third kappa shape index (κ3) is 3.06. The lowest BCUT2D eigenvalue weighted by Gasteiger charge is -2.45. The molecule has 1 aromatic carbocycles. The van der Waals surface area contributed by atoms with E-state index in [1.807, 2.05) is 27.7 Å². The van der Waals surface area contributed by atoms with Crippen LogP contribution in [0.1, 0.15) is 56.5 Å². The maximum atomic E-state index is 13.7. The fraction of sp³-hybridized carbons (Fsp3) is 0.480. The summed E-state index contributed by atoms with van der Waals surface area (Å²) in [5.74, 6) is -6.62. The second kappa shape index (κ2) is 7.44. The summed E-state index contributed by atoms with van der Waals surface area (Å²) < 4.78 is 12.3. The van der Waals surface area contributed by atoms with Gasteiger partial charge < -0.3 is 35.5 Å². The van der Waals surface area contributed by atoms with Crippen molar-refractivity contribution in [3.05, 3.63) is 45.9 Å². The van der Waals surface area contributed by atoms with Crippen molar-refractivity contribution in [3.63, 3.8) is 0 Å². The Morgan fingerprint density at radius 2 is 1.67 bits per heavy atom. The van der Waals surface area contributed by atoms with Gasteiger partial charge in [-0.1, -0.05) is 6.07 Å². The molecule has 1 amide bonds. The number of hydrogen-bond acceptors (Lipinski definition) is 9. The molecule has 10 nitrogen and oxygen atoms in total. The molecule has 11 heteroatoms. The van der Waals surface area contributed by atoms with Crippen LogP contribution in [0.4, 0.5) is 0 Å². The summed E-state index contributed by atoms with van der Waals surface area (Å²) in [5.41, 5.74) is 1.33. The van der Waals surface area contributed by atoms with Gasteiger partial charge in [0.15, 0.2) is 11.4 Å². The highest BCUT2D eigenvalue weighted by molar-refractivity contribution is 6.63. The molecule has 1 saturated heterocycles. The van der Waals surface area contributed by atoms with E-state index in [-0.39, 0.29) is 36.1 Å². The van der Waals surface area contributed by atoms with E-state index in [4.69, 9.17) is 15.0 Å². The van der Waals surface area contributed by atoms with Crippen molar-refractivity contribution in [2.24, 2.45) is 17.6 Å². The Hall–Kier alpha value is -3.15. The van der Waals surface area contributed by atoms with Gasteiger partial charge in [-0.05, 0) is 63.5 Å². The molecule has 0 saturated carbocycles. The number of Topliss-reactive ketones (excluding diaryl/α,β-unsaturated/α-hetero) is 2. The Morgan fingerprint density at radius 1 is 1.06 bits per heavy atom. The fourth-order valence-electron chi connectivity index (χ4n) is 5.83. The van der Waals surface area contributed by atoms with E-state index in [9.17, 15) is 34.8 Å². The zero-order valence-electron chi connectivity index (χ0n) is 20.4. The van der Waals surface area contributed by atoms with Gasteiger partial charge in [-0.3, -0.25) is 14.4 Å².